The van der Waals surface area contributed by atoms with Crippen molar-refractivity contribution in [3.8, 4) is 0 Å². The molecule has 1 aliphatic rings. The van der Waals surface area contributed by atoms with E-state index >= 15 is 0 Å². The highest BCUT2D eigenvalue weighted by atomic mass is 31.1. The molecule has 0 spiro atoms. The van der Waals surface area contributed by atoms with Gasteiger partial charge in [0.1, 0.15) is 0 Å². The zero-order chi connectivity index (χ0) is 28.8. The standard InChI is InChI=1S/C36H62NPSi2/c1-7-24-39(25-8-2,26-9-3)35-22-16-20-33(30-35)38(37-32-18-14-13-15-19-32)34-21-17-23-36(31-34)40(27-10-4,28-11-5)29-12-6/h16-17,20-23,30-32,37H,7-15,18-19,24-29H2,1-6H3. The highest BCUT2D eigenvalue weighted by molar-refractivity contribution is 7.71. The quantitative estimate of drug-likeness (QED) is 0.134. The van der Waals surface area contributed by atoms with Crippen molar-refractivity contribution in [1.82, 2.24) is 5.09 Å². The maximum absolute atomic E-state index is 4.33. The summed E-state index contributed by atoms with van der Waals surface area (Å²) in [6.45, 7) is 14.5. The molecule has 2 aromatic rings. The molecule has 0 heterocycles. The van der Waals surface area contributed by atoms with Crippen LogP contribution in [0.15, 0.2) is 48.5 Å². The average Bonchev–Trinajstić information content (AvgIpc) is 2.97. The van der Waals surface area contributed by atoms with Crippen LogP contribution >= 0.6 is 8.07 Å². The predicted molar refractivity (Wildman–Crippen MR) is 190 cm³/mol. The van der Waals surface area contributed by atoms with Crippen LogP contribution in [-0.2, 0) is 0 Å². The maximum Gasteiger partial charge on any atom is 0.0867 e. The Morgan fingerprint density at radius 2 is 0.950 bits per heavy atom. The number of nitrogens with one attached hydrogen (secondary N) is 1. The highest BCUT2D eigenvalue weighted by Gasteiger charge is 2.35. The molecule has 224 valence electrons. The highest BCUT2D eigenvalue weighted by Crippen LogP contribution is 2.35. The minimum absolute atomic E-state index is 0.562. The third-order valence-electron chi connectivity index (χ3n) is 9.72. The molecule has 2 aromatic carbocycles. The van der Waals surface area contributed by atoms with E-state index in [9.17, 15) is 0 Å². The molecule has 0 amide bonds. The SMILES string of the molecule is CCC[Si](CCC)(CCC)c1cccc(P(NC2CCCCC2)c2cccc([Si](CCC)(CCC)CCC)c2)c1. The van der Waals surface area contributed by atoms with Gasteiger partial charge in [0, 0.05) is 14.1 Å². The molecule has 4 heteroatoms. The largest absolute Gasteiger partial charge is 0.285 e. The van der Waals surface area contributed by atoms with Crippen molar-refractivity contribution in [3.05, 3.63) is 48.5 Å². The van der Waals surface area contributed by atoms with Gasteiger partial charge in [-0.25, -0.2) is 0 Å². The van der Waals surface area contributed by atoms with E-state index in [1.54, 1.807) is 21.0 Å². The molecule has 0 aliphatic heterocycles. The lowest BCUT2D eigenvalue weighted by Crippen LogP contribution is -2.49. The van der Waals surface area contributed by atoms with Crippen LogP contribution in [0.4, 0.5) is 0 Å². The third-order valence-corrected chi connectivity index (χ3v) is 23.7. The van der Waals surface area contributed by atoms with Gasteiger partial charge < -0.3 is 0 Å². The van der Waals surface area contributed by atoms with Gasteiger partial charge in [0.05, 0.1) is 16.1 Å². The molecule has 1 aliphatic carbocycles. The summed E-state index contributed by atoms with van der Waals surface area (Å²) in [5.41, 5.74) is 0. The normalized spacial score (nSPS) is 15.2. The van der Waals surface area contributed by atoms with Crippen LogP contribution in [0.25, 0.3) is 0 Å². The summed E-state index contributed by atoms with van der Waals surface area (Å²) in [4.78, 5) is 0. The lowest BCUT2D eigenvalue weighted by Gasteiger charge is -2.35. The van der Waals surface area contributed by atoms with Crippen molar-refractivity contribution in [1.29, 1.82) is 0 Å². The van der Waals surface area contributed by atoms with Gasteiger partial charge in [0.15, 0.2) is 0 Å². The Balaban J connectivity index is 2.11. The van der Waals surface area contributed by atoms with Crippen LogP contribution in [0.3, 0.4) is 0 Å². The minimum atomic E-state index is -1.49. The van der Waals surface area contributed by atoms with E-state index in [1.807, 2.05) is 0 Å². The molecule has 0 aromatic heterocycles. The number of rotatable bonds is 18. The Morgan fingerprint density at radius 1 is 0.575 bits per heavy atom. The summed E-state index contributed by atoms with van der Waals surface area (Å²) in [5, 5.41) is 11.0. The molecule has 1 N–H and O–H groups in total. The topological polar surface area (TPSA) is 12.0 Å². The number of hydrogen-bond donors (Lipinski definition) is 1. The van der Waals surface area contributed by atoms with Gasteiger partial charge in [-0.05, 0) is 23.5 Å². The van der Waals surface area contributed by atoms with Crippen LogP contribution in [0.2, 0.25) is 36.3 Å². The Morgan fingerprint density at radius 3 is 1.30 bits per heavy atom. The number of benzene rings is 2. The van der Waals surface area contributed by atoms with E-state index in [4.69, 9.17) is 0 Å². The smallest absolute Gasteiger partial charge is 0.0867 e. The molecule has 0 unspecified atom stereocenters. The van der Waals surface area contributed by atoms with Crippen molar-refractivity contribution < 1.29 is 0 Å². The van der Waals surface area contributed by atoms with E-state index in [2.05, 4.69) is 95.2 Å². The summed E-state index contributed by atoms with van der Waals surface area (Å²) in [6.07, 6.45) is 14.8. The molecule has 0 radical (unpaired) electrons. The Hall–Kier alpha value is -0.736. The monoisotopic (exact) mass is 595 g/mol. The summed E-state index contributed by atoms with van der Waals surface area (Å²) in [6, 6.07) is 29.7. The summed E-state index contributed by atoms with van der Waals surface area (Å²) >= 11 is 0. The fraction of sp³-hybridized carbons (Fsp3) is 0.667. The molecule has 1 saturated carbocycles. The van der Waals surface area contributed by atoms with Gasteiger partial charge in [-0.2, -0.15) is 0 Å². The molecule has 0 bridgehead atoms. The summed E-state index contributed by atoms with van der Waals surface area (Å²) < 4.78 is 0. The van der Waals surface area contributed by atoms with Crippen molar-refractivity contribution in [2.24, 2.45) is 0 Å². The van der Waals surface area contributed by atoms with Gasteiger partial charge in [0.25, 0.3) is 0 Å². The second kappa shape index (κ2) is 17.4. The number of hydrogen-bond acceptors (Lipinski definition) is 1. The first kappa shape index (κ1) is 33.8. The maximum atomic E-state index is 4.33. The Labute approximate surface area is 252 Å². The van der Waals surface area contributed by atoms with Crippen LogP contribution in [-0.4, -0.2) is 22.2 Å². The fourth-order valence-electron chi connectivity index (χ4n) is 8.15. The van der Waals surface area contributed by atoms with Crippen LogP contribution < -0.4 is 26.1 Å². The first-order valence-electron chi connectivity index (χ1n) is 17.3. The Kier molecular flexibility index (Phi) is 14.7. The lowest BCUT2D eigenvalue weighted by molar-refractivity contribution is 0.422. The first-order valence-corrected chi connectivity index (χ1v) is 23.9. The van der Waals surface area contributed by atoms with Crippen molar-refractivity contribution >= 4 is 45.2 Å². The van der Waals surface area contributed by atoms with Gasteiger partial charge in [-0.3, -0.25) is 5.09 Å². The molecular weight excluding hydrogens is 534 g/mol. The van der Waals surface area contributed by atoms with E-state index in [0.717, 1.165) is 0 Å². The van der Waals surface area contributed by atoms with Crippen molar-refractivity contribution in [2.45, 2.75) is 154 Å². The van der Waals surface area contributed by atoms with Crippen LogP contribution in [0.5, 0.6) is 0 Å². The van der Waals surface area contributed by atoms with Crippen molar-refractivity contribution in [2.75, 3.05) is 0 Å². The van der Waals surface area contributed by atoms with Gasteiger partial charge in [-0.15, -0.1) is 0 Å². The van der Waals surface area contributed by atoms with Gasteiger partial charge >= 0.3 is 0 Å². The third kappa shape index (κ3) is 8.65. The molecule has 3 rings (SSSR count). The second-order valence-electron chi connectivity index (χ2n) is 13.0. The zero-order valence-electron chi connectivity index (χ0n) is 27.2. The molecule has 0 saturated heterocycles. The zero-order valence-corrected chi connectivity index (χ0v) is 30.1. The van der Waals surface area contributed by atoms with E-state index in [0.29, 0.717) is 6.04 Å². The molecule has 40 heavy (non-hydrogen) atoms. The van der Waals surface area contributed by atoms with E-state index in [-0.39, 0.29) is 0 Å². The fourth-order valence-corrected chi connectivity index (χ4v) is 21.4. The lowest BCUT2D eigenvalue weighted by atomic mass is 9.96. The molecule has 0 atom stereocenters. The van der Waals surface area contributed by atoms with Crippen LogP contribution in [0, 0.1) is 0 Å². The Bertz CT molecular complexity index is 883. The van der Waals surface area contributed by atoms with Gasteiger partial charge in [0.2, 0.25) is 0 Å². The molecule has 1 nitrogen and oxygen atoms in total. The second-order valence-corrected chi connectivity index (χ2v) is 24.2. The summed E-state index contributed by atoms with van der Waals surface area (Å²) in [7, 11) is -3.53. The predicted octanol–water partition coefficient (Wildman–Crippen LogP) is 9.73. The van der Waals surface area contributed by atoms with Gasteiger partial charge in [-0.1, -0.05) is 194 Å². The van der Waals surface area contributed by atoms with Crippen molar-refractivity contribution in [3.63, 3.8) is 0 Å². The molecular formula is C36H62NPSi2. The van der Waals surface area contributed by atoms with Crippen LogP contribution in [0.1, 0.15) is 112 Å². The van der Waals surface area contributed by atoms with E-state index < -0.39 is 24.2 Å². The average molecular weight is 596 g/mol. The minimum Gasteiger partial charge on any atom is -0.285 e. The van der Waals surface area contributed by atoms with E-state index in [1.165, 1.54) is 107 Å². The summed E-state index contributed by atoms with van der Waals surface area (Å²) in [5.74, 6) is 0. The molecule has 1 fully saturated rings. The first-order chi connectivity index (χ1) is 19.5.